The van der Waals surface area contributed by atoms with E-state index in [-0.39, 0.29) is 42.1 Å². The number of imide groups is 1. The van der Waals surface area contributed by atoms with Crippen molar-refractivity contribution in [1.29, 1.82) is 0 Å². The second-order valence-electron chi connectivity index (χ2n) is 24.1. The van der Waals surface area contributed by atoms with Crippen LogP contribution in [0, 0.1) is 0 Å². The Morgan fingerprint density at radius 3 is 1.38 bits per heavy atom. The molecule has 3 fully saturated rings. The van der Waals surface area contributed by atoms with Gasteiger partial charge in [-0.2, -0.15) is 0 Å². The highest BCUT2D eigenvalue weighted by Gasteiger charge is 2.62. The monoisotopic (exact) mass is 1330 g/mol. The number of hydrogen-bond donors (Lipinski definition) is 0. The first-order valence-corrected chi connectivity index (χ1v) is 34.7. The molecule has 0 saturated carbocycles. The van der Waals surface area contributed by atoms with Crippen molar-refractivity contribution in [3.05, 3.63) is 179 Å². The molecule has 3 saturated heterocycles. The van der Waals surface area contributed by atoms with Gasteiger partial charge in [0.2, 0.25) is 0 Å². The van der Waals surface area contributed by atoms with Crippen LogP contribution in [0.2, 0.25) is 25.7 Å². The lowest BCUT2D eigenvalue weighted by Crippen LogP contribution is -2.71. The summed E-state index contributed by atoms with van der Waals surface area (Å²) in [6.07, 6.45) is -24.1. The third-order valence-electron chi connectivity index (χ3n) is 15.6. The van der Waals surface area contributed by atoms with Crippen molar-refractivity contribution in [2.75, 3.05) is 26.4 Å². The normalized spacial score (nSPS) is 26.5. The van der Waals surface area contributed by atoms with Crippen LogP contribution in [-0.2, 0) is 108 Å². The summed E-state index contributed by atoms with van der Waals surface area (Å²) in [4.78, 5) is 126. The summed E-state index contributed by atoms with van der Waals surface area (Å²) >= 11 is 0. The Hall–Kier alpha value is -8.57. The molecule has 25 nitrogen and oxygen atoms in total. The lowest BCUT2D eigenvalue weighted by atomic mass is 9.93. The summed E-state index contributed by atoms with van der Waals surface area (Å²) in [7, 11) is -1.92. The first-order chi connectivity index (χ1) is 45.5. The maximum atomic E-state index is 15.5. The summed E-state index contributed by atoms with van der Waals surface area (Å²) in [5, 5.41) is 0. The summed E-state index contributed by atoms with van der Waals surface area (Å²) in [5.74, 6) is -7.95. The molecule has 5 aromatic rings. The Bertz CT molecular complexity index is 3430. The number of amides is 2. The van der Waals surface area contributed by atoms with Crippen LogP contribution < -0.4 is 0 Å². The summed E-state index contributed by atoms with van der Waals surface area (Å²) < 4.78 is 96.3. The molecule has 15 atom stereocenters. The van der Waals surface area contributed by atoms with Gasteiger partial charge >= 0.3 is 41.8 Å². The molecule has 4 aliphatic rings. The molecule has 0 aromatic heterocycles. The number of carbonyl (C=O) groups is 9. The zero-order chi connectivity index (χ0) is 67.9. The fraction of sp³-hybridized carbons (Fsp3) is 0.435. The number of nitrogens with zero attached hydrogens (tertiary/aromatic N) is 1. The molecule has 0 unspecified atom stereocenters. The van der Waals surface area contributed by atoms with Crippen molar-refractivity contribution in [3.8, 4) is 0 Å². The fourth-order valence-electron chi connectivity index (χ4n) is 11.3. The lowest BCUT2D eigenvalue weighted by molar-refractivity contribution is -0.374. The first-order valence-electron chi connectivity index (χ1n) is 31.0. The van der Waals surface area contributed by atoms with Gasteiger partial charge in [0.05, 0.1) is 42.1 Å². The molecule has 26 heteroatoms. The summed E-state index contributed by atoms with van der Waals surface area (Å²) in [6.45, 7) is 9.64. The van der Waals surface area contributed by atoms with Gasteiger partial charge in [0.1, 0.15) is 55.9 Å². The van der Waals surface area contributed by atoms with E-state index in [0.29, 0.717) is 17.2 Å². The molecular formula is C69H77NO24Si. The van der Waals surface area contributed by atoms with Gasteiger partial charge in [-0.15, -0.1) is 0 Å². The van der Waals surface area contributed by atoms with Crippen molar-refractivity contribution in [2.24, 2.45) is 0 Å². The maximum Gasteiger partial charge on any atom is 0.338 e. The minimum Gasteiger partial charge on any atom is -0.463 e. The van der Waals surface area contributed by atoms with E-state index < -0.39 is 174 Å². The molecule has 2 amide bonds. The molecule has 4 heterocycles. The van der Waals surface area contributed by atoms with E-state index >= 15 is 9.59 Å². The van der Waals surface area contributed by atoms with Crippen LogP contribution in [0.4, 0.5) is 0 Å². The SMILES string of the molecule is CC(=O)OC[C@H]1O[C@@H](O[C@H]2[C@H](OCc3ccccc3)[C@@H](N3C(=O)c4ccccc4C3=O)[C@H](O[C@H]3[C@@H](OC(C)=O)[C@@H](COC(=O)c4ccccc4)O[C@@H](OCC[Si](C)(C)C)[C@@H]3OC(=O)c3ccccc3)O[C@@H]2COCc2ccccc2)[C@H](OC(C)=O)[C@@H](OC(C)=O)[C@H]1OC(C)=O. The molecule has 0 N–H and O–H groups in total. The number of ether oxygens (including phenoxy) is 15. The van der Waals surface area contributed by atoms with Crippen molar-refractivity contribution in [3.63, 3.8) is 0 Å². The van der Waals surface area contributed by atoms with Crippen LogP contribution in [0.5, 0.6) is 0 Å². The molecule has 9 rings (SSSR count). The third-order valence-corrected chi connectivity index (χ3v) is 17.3. The van der Waals surface area contributed by atoms with E-state index in [1.54, 1.807) is 103 Å². The number of rotatable bonds is 27. The number of benzene rings is 5. The average molecular weight is 1330 g/mol. The van der Waals surface area contributed by atoms with Crippen LogP contribution in [0.15, 0.2) is 146 Å². The van der Waals surface area contributed by atoms with Gasteiger partial charge in [-0.1, -0.05) is 129 Å². The molecular weight excluding hydrogens is 1250 g/mol. The van der Waals surface area contributed by atoms with E-state index in [2.05, 4.69) is 19.6 Å². The van der Waals surface area contributed by atoms with Crippen LogP contribution >= 0.6 is 0 Å². The van der Waals surface area contributed by atoms with E-state index in [1.807, 2.05) is 6.07 Å². The Morgan fingerprint density at radius 1 is 0.411 bits per heavy atom. The van der Waals surface area contributed by atoms with Gasteiger partial charge in [-0.3, -0.25) is 38.5 Å². The largest absolute Gasteiger partial charge is 0.463 e. The van der Waals surface area contributed by atoms with E-state index in [4.69, 9.17) is 71.1 Å². The standard InChI is InChI=1S/C69H77NO24Si/c1-40(71)82-38-52-56(85-41(2)72)59(87-43(4)74)62(88-44(5)75)69(91-52)93-55-51(37-80-35-45-23-13-9-14-24-45)89-67(54(58(55)83-36-46-25-15-10-16-26-46)70-63(76)49-31-21-22-32-50(49)64(70)77)94-60-57(86-42(3)73)53(39-84-65(78)47-27-17-11-18-28-47)90-68(81-33-34-95(6,7)8)61(60)92-66(79)48-29-19-12-20-30-48/h9-32,51-62,67-69H,33-39H2,1-8H3/t51-,52-,53-,54-,55-,56+,57+,58-,59+,60+,61-,62-,67+,68-,69+/m1/s1. The van der Waals surface area contributed by atoms with Crippen LogP contribution in [-0.4, -0.2) is 185 Å². The second-order valence-corrected chi connectivity index (χ2v) is 29.7. The van der Waals surface area contributed by atoms with Crippen molar-refractivity contribution in [1.82, 2.24) is 4.90 Å². The van der Waals surface area contributed by atoms with E-state index in [1.165, 1.54) is 36.4 Å². The van der Waals surface area contributed by atoms with Gasteiger partial charge in [0.15, 0.2) is 49.4 Å². The van der Waals surface area contributed by atoms with Gasteiger partial charge < -0.3 is 71.1 Å². The molecule has 0 bridgehead atoms. The number of hydrogen-bond acceptors (Lipinski definition) is 24. The smallest absolute Gasteiger partial charge is 0.338 e. The Labute approximate surface area is 549 Å². The zero-order valence-electron chi connectivity index (χ0n) is 53.7. The van der Waals surface area contributed by atoms with Crippen molar-refractivity contribution in [2.45, 2.75) is 166 Å². The number of esters is 7. The van der Waals surface area contributed by atoms with Gasteiger partial charge in [0.25, 0.3) is 11.8 Å². The highest BCUT2D eigenvalue weighted by atomic mass is 28.3. The zero-order valence-corrected chi connectivity index (χ0v) is 54.7. The van der Waals surface area contributed by atoms with Gasteiger partial charge in [0, 0.05) is 49.3 Å². The minimum absolute atomic E-state index is 0.0351. The van der Waals surface area contributed by atoms with Crippen molar-refractivity contribution < 1.29 is 114 Å². The highest BCUT2D eigenvalue weighted by Crippen LogP contribution is 2.41. The molecule has 95 heavy (non-hydrogen) atoms. The summed E-state index contributed by atoms with van der Waals surface area (Å²) in [5.41, 5.74) is 1.40. The van der Waals surface area contributed by atoms with E-state index in [9.17, 15) is 33.6 Å². The first kappa shape index (κ1) is 70.7. The quantitative estimate of drug-likeness (QED) is 0.0219. The van der Waals surface area contributed by atoms with Crippen LogP contribution in [0.1, 0.15) is 87.2 Å². The Morgan fingerprint density at radius 2 is 0.842 bits per heavy atom. The van der Waals surface area contributed by atoms with Gasteiger partial charge in [-0.05, 0) is 53.6 Å². The van der Waals surface area contributed by atoms with Crippen molar-refractivity contribution >= 4 is 61.7 Å². The number of carbonyl (C=O) groups excluding carboxylic acids is 9. The predicted octanol–water partition coefficient (Wildman–Crippen LogP) is 7.13. The third kappa shape index (κ3) is 18.7. The highest BCUT2D eigenvalue weighted by molar-refractivity contribution is 6.76. The fourth-order valence-corrected chi connectivity index (χ4v) is 12.0. The molecule has 5 aromatic carbocycles. The van der Waals surface area contributed by atoms with Crippen LogP contribution in [0.3, 0.4) is 0 Å². The Kier molecular flexibility index (Phi) is 24.4. The average Bonchev–Trinajstić information content (AvgIpc) is 1.72. The second kappa shape index (κ2) is 32.7. The van der Waals surface area contributed by atoms with E-state index in [0.717, 1.165) is 39.5 Å². The molecule has 0 radical (unpaired) electrons. The lowest BCUT2D eigenvalue weighted by Gasteiger charge is -2.52. The molecule has 0 aliphatic carbocycles. The maximum absolute atomic E-state index is 15.5. The number of fused-ring (bicyclic) bond motifs is 1. The minimum atomic E-state index is -2.01. The predicted molar refractivity (Wildman–Crippen MR) is 333 cm³/mol. The van der Waals surface area contributed by atoms with Gasteiger partial charge in [-0.25, -0.2) is 9.59 Å². The molecule has 506 valence electrons. The molecule has 0 spiro atoms. The summed E-state index contributed by atoms with van der Waals surface area (Å²) in [6, 6.07) is 38.4. The van der Waals surface area contributed by atoms with Crippen LogP contribution in [0.25, 0.3) is 0 Å². The Balaban J connectivity index is 1.25. The topological polar surface area (TPSA) is 295 Å². The molecule has 4 aliphatic heterocycles.